The van der Waals surface area contributed by atoms with Crippen molar-refractivity contribution in [3.8, 4) is 0 Å². The van der Waals surface area contributed by atoms with E-state index in [0.29, 0.717) is 37.6 Å². The molecule has 5 nitrogen and oxygen atoms in total. The Balaban J connectivity index is 1.97. The SMILES string of the molecule is Cc1cc(S(=O)(=O)N(Cc2ccc(F)cc2)C2CCOCC2)c(C)o1. The highest BCUT2D eigenvalue weighted by atomic mass is 32.2. The summed E-state index contributed by atoms with van der Waals surface area (Å²) in [5, 5.41) is 0. The van der Waals surface area contributed by atoms with E-state index in [1.54, 1.807) is 32.0 Å². The summed E-state index contributed by atoms with van der Waals surface area (Å²) in [7, 11) is -3.73. The van der Waals surface area contributed by atoms with E-state index in [9.17, 15) is 12.8 Å². The Labute approximate surface area is 147 Å². The van der Waals surface area contributed by atoms with Gasteiger partial charge in [0, 0.05) is 25.8 Å². The van der Waals surface area contributed by atoms with Gasteiger partial charge in [-0.3, -0.25) is 0 Å². The highest BCUT2D eigenvalue weighted by molar-refractivity contribution is 7.89. The van der Waals surface area contributed by atoms with Gasteiger partial charge in [0.05, 0.1) is 0 Å². The number of aryl methyl sites for hydroxylation is 2. The fourth-order valence-electron chi connectivity index (χ4n) is 3.14. The monoisotopic (exact) mass is 367 g/mol. The number of halogens is 1. The molecule has 0 atom stereocenters. The molecule has 2 heterocycles. The molecule has 0 bridgehead atoms. The van der Waals surface area contributed by atoms with Crippen LogP contribution in [-0.4, -0.2) is 32.0 Å². The number of nitrogens with zero attached hydrogens (tertiary/aromatic N) is 1. The van der Waals surface area contributed by atoms with Crippen LogP contribution in [0.1, 0.15) is 29.9 Å². The molecule has 0 saturated carbocycles. The molecule has 1 fully saturated rings. The third-order valence-corrected chi connectivity index (χ3v) is 6.44. The second-order valence-electron chi connectivity index (χ2n) is 6.30. The summed E-state index contributed by atoms with van der Waals surface area (Å²) in [6, 6.07) is 7.32. The Hall–Kier alpha value is -1.70. The molecular formula is C18H22FNO4S. The lowest BCUT2D eigenvalue weighted by Crippen LogP contribution is -2.43. The Kier molecular flexibility index (Phi) is 5.27. The molecule has 7 heteroatoms. The third kappa shape index (κ3) is 3.94. The van der Waals surface area contributed by atoms with Gasteiger partial charge in [-0.25, -0.2) is 12.8 Å². The standard InChI is InChI=1S/C18H22FNO4S/c1-13-11-18(14(2)24-13)25(21,22)20(17-7-9-23-10-8-17)12-15-3-5-16(19)6-4-15/h3-6,11,17H,7-10,12H2,1-2H3. The Bertz CT molecular complexity index is 823. The zero-order valence-corrected chi connectivity index (χ0v) is 15.2. The lowest BCUT2D eigenvalue weighted by atomic mass is 10.1. The second-order valence-corrected chi connectivity index (χ2v) is 8.16. The fourth-order valence-corrected chi connectivity index (χ4v) is 5.04. The van der Waals surface area contributed by atoms with E-state index in [2.05, 4.69) is 0 Å². The number of furan rings is 1. The van der Waals surface area contributed by atoms with Crippen molar-refractivity contribution in [3.63, 3.8) is 0 Å². The molecule has 0 spiro atoms. The van der Waals surface area contributed by atoms with Crippen LogP contribution in [0.4, 0.5) is 4.39 Å². The van der Waals surface area contributed by atoms with E-state index in [4.69, 9.17) is 9.15 Å². The van der Waals surface area contributed by atoms with Gasteiger partial charge in [-0.2, -0.15) is 4.31 Å². The predicted molar refractivity (Wildman–Crippen MR) is 91.2 cm³/mol. The summed E-state index contributed by atoms with van der Waals surface area (Å²) in [6.07, 6.45) is 1.27. The maximum Gasteiger partial charge on any atom is 0.247 e. The molecule has 0 amide bonds. The quantitative estimate of drug-likeness (QED) is 0.813. The molecule has 1 aromatic heterocycles. The molecule has 1 saturated heterocycles. The van der Waals surface area contributed by atoms with Crippen molar-refractivity contribution in [2.24, 2.45) is 0 Å². The van der Waals surface area contributed by atoms with E-state index in [1.165, 1.54) is 16.4 Å². The smallest absolute Gasteiger partial charge is 0.247 e. The van der Waals surface area contributed by atoms with Crippen molar-refractivity contribution in [1.82, 2.24) is 4.31 Å². The molecule has 0 radical (unpaired) electrons. The molecular weight excluding hydrogens is 345 g/mol. The van der Waals surface area contributed by atoms with Crippen molar-refractivity contribution in [3.05, 3.63) is 53.2 Å². The van der Waals surface area contributed by atoms with Gasteiger partial charge in [0.1, 0.15) is 22.2 Å². The summed E-state index contributed by atoms with van der Waals surface area (Å²) >= 11 is 0. The molecule has 1 aliphatic rings. The van der Waals surface area contributed by atoms with E-state index in [1.807, 2.05) is 0 Å². The molecule has 0 aliphatic carbocycles. The van der Waals surface area contributed by atoms with Gasteiger partial charge in [0.25, 0.3) is 0 Å². The van der Waals surface area contributed by atoms with Crippen LogP contribution >= 0.6 is 0 Å². The van der Waals surface area contributed by atoms with Crippen LogP contribution in [0.25, 0.3) is 0 Å². The van der Waals surface area contributed by atoms with Crippen molar-refractivity contribution < 1.29 is 22.0 Å². The molecule has 0 unspecified atom stereocenters. The maximum atomic E-state index is 13.3. The summed E-state index contributed by atoms with van der Waals surface area (Å²) in [6.45, 7) is 4.63. The minimum absolute atomic E-state index is 0.154. The second kappa shape index (κ2) is 7.27. The normalized spacial score (nSPS) is 16.5. The fraction of sp³-hybridized carbons (Fsp3) is 0.444. The Morgan fingerprint density at radius 1 is 1.16 bits per heavy atom. The minimum Gasteiger partial charge on any atom is -0.465 e. The minimum atomic E-state index is -3.73. The van der Waals surface area contributed by atoms with Crippen LogP contribution in [-0.2, 0) is 21.3 Å². The summed E-state index contributed by atoms with van der Waals surface area (Å²) in [5.74, 6) is 0.601. The first-order valence-corrected chi connectivity index (χ1v) is 9.73. The highest BCUT2D eigenvalue weighted by Crippen LogP contribution is 2.29. The van der Waals surface area contributed by atoms with E-state index < -0.39 is 10.0 Å². The first-order chi connectivity index (χ1) is 11.9. The average molecular weight is 367 g/mol. The number of hydrogen-bond acceptors (Lipinski definition) is 4. The van der Waals surface area contributed by atoms with Gasteiger partial charge in [-0.1, -0.05) is 12.1 Å². The van der Waals surface area contributed by atoms with Gasteiger partial charge in [0.15, 0.2) is 0 Å². The zero-order valence-electron chi connectivity index (χ0n) is 14.4. The van der Waals surface area contributed by atoms with Crippen LogP contribution in [0.15, 0.2) is 39.6 Å². The lowest BCUT2D eigenvalue weighted by Gasteiger charge is -2.33. The van der Waals surface area contributed by atoms with Gasteiger partial charge in [-0.05, 0) is 50.5 Å². The molecule has 1 aliphatic heterocycles. The van der Waals surface area contributed by atoms with E-state index in [0.717, 1.165) is 5.56 Å². The van der Waals surface area contributed by atoms with Crippen molar-refractivity contribution in [1.29, 1.82) is 0 Å². The topological polar surface area (TPSA) is 59.8 Å². The largest absolute Gasteiger partial charge is 0.465 e. The molecule has 2 aromatic rings. The van der Waals surface area contributed by atoms with Crippen molar-refractivity contribution in [2.75, 3.05) is 13.2 Å². The number of ether oxygens (including phenoxy) is 1. The van der Waals surface area contributed by atoms with Gasteiger partial charge >= 0.3 is 0 Å². The van der Waals surface area contributed by atoms with Crippen molar-refractivity contribution >= 4 is 10.0 Å². The number of hydrogen-bond donors (Lipinski definition) is 0. The zero-order chi connectivity index (χ0) is 18.0. The van der Waals surface area contributed by atoms with Gasteiger partial charge < -0.3 is 9.15 Å². The average Bonchev–Trinajstić information content (AvgIpc) is 2.94. The molecule has 136 valence electrons. The Morgan fingerprint density at radius 3 is 2.36 bits per heavy atom. The van der Waals surface area contributed by atoms with Crippen LogP contribution in [0.5, 0.6) is 0 Å². The molecule has 25 heavy (non-hydrogen) atoms. The Morgan fingerprint density at radius 2 is 1.80 bits per heavy atom. The summed E-state index contributed by atoms with van der Waals surface area (Å²) < 4.78 is 52.0. The first-order valence-electron chi connectivity index (χ1n) is 8.29. The lowest BCUT2D eigenvalue weighted by molar-refractivity contribution is 0.0569. The number of benzene rings is 1. The molecule has 3 rings (SSSR count). The highest BCUT2D eigenvalue weighted by Gasteiger charge is 2.35. The third-order valence-electron chi connectivity index (χ3n) is 4.43. The van der Waals surface area contributed by atoms with E-state index >= 15 is 0 Å². The van der Waals surface area contributed by atoms with Crippen molar-refractivity contribution in [2.45, 2.75) is 44.2 Å². The summed E-state index contributed by atoms with van der Waals surface area (Å²) in [4.78, 5) is 0.193. The predicted octanol–water partition coefficient (Wildman–Crippen LogP) is 3.41. The van der Waals surface area contributed by atoms with Crippen LogP contribution in [0.2, 0.25) is 0 Å². The van der Waals surface area contributed by atoms with Crippen LogP contribution in [0.3, 0.4) is 0 Å². The number of sulfonamides is 1. The van der Waals surface area contributed by atoms with Gasteiger partial charge in [0.2, 0.25) is 10.0 Å². The molecule has 0 N–H and O–H groups in total. The number of rotatable bonds is 5. The molecule has 1 aromatic carbocycles. The van der Waals surface area contributed by atoms with Crippen LogP contribution < -0.4 is 0 Å². The van der Waals surface area contributed by atoms with Gasteiger partial charge in [-0.15, -0.1) is 0 Å². The maximum absolute atomic E-state index is 13.3. The first kappa shape index (κ1) is 18.1. The summed E-state index contributed by atoms with van der Waals surface area (Å²) in [5.41, 5.74) is 0.745. The van der Waals surface area contributed by atoms with Crippen LogP contribution in [0, 0.1) is 19.7 Å². The van der Waals surface area contributed by atoms with E-state index in [-0.39, 0.29) is 23.3 Å².